The first-order valence-electron chi connectivity index (χ1n) is 7.55. The summed E-state index contributed by atoms with van der Waals surface area (Å²) in [7, 11) is 1.66. The fourth-order valence-electron chi connectivity index (χ4n) is 2.08. The topological polar surface area (TPSA) is 78.9 Å². The summed E-state index contributed by atoms with van der Waals surface area (Å²) in [6.07, 6.45) is 2.33. The Kier molecular flexibility index (Phi) is 4.65. The van der Waals surface area contributed by atoms with Crippen molar-refractivity contribution in [3.63, 3.8) is 0 Å². The highest BCUT2D eigenvalue weighted by Crippen LogP contribution is 2.38. The Labute approximate surface area is 126 Å². The fraction of sp³-hybridized carbons (Fsp3) is 0.667. The van der Waals surface area contributed by atoms with Crippen LogP contribution in [0.4, 0.5) is 11.6 Å². The largest absolute Gasteiger partial charge is 0.370 e. The minimum Gasteiger partial charge on any atom is -0.370 e. The van der Waals surface area contributed by atoms with Gasteiger partial charge in [0.05, 0.1) is 5.41 Å². The van der Waals surface area contributed by atoms with Crippen molar-refractivity contribution in [2.45, 2.75) is 39.5 Å². The van der Waals surface area contributed by atoms with Crippen molar-refractivity contribution in [1.82, 2.24) is 15.3 Å². The average Bonchev–Trinajstić information content (AvgIpc) is 3.29. The van der Waals surface area contributed by atoms with Crippen molar-refractivity contribution in [1.29, 1.82) is 0 Å². The molecule has 0 unspecified atom stereocenters. The van der Waals surface area contributed by atoms with Gasteiger partial charge in [0.15, 0.2) is 0 Å². The molecule has 3 N–H and O–H groups in total. The molecule has 1 aromatic heterocycles. The maximum absolute atomic E-state index is 11.8. The maximum atomic E-state index is 11.8. The predicted octanol–water partition coefficient (Wildman–Crippen LogP) is 1.97. The molecule has 116 valence electrons. The van der Waals surface area contributed by atoms with Gasteiger partial charge in [-0.05, 0) is 33.6 Å². The van der Waals surface area contributed by atoms with Gasteiger partial charge in [-0.3, -0.25) is 4.79 Å². The summed E-state index contributed by atoms with van der Waals surface area (Å²) in [5.41, 5.74) is -0.488. The van der Waals surface area contributed by atoms with Gasteiger partial charge in [0.1, 0.15) is 17.5 Å². The predicted molar refractivity (Wildman–Crippen MR) is 84.5 cm³/mol. The third-order valence-corrected chi connectivity index (χ3v) is 3.60. The van der Waals surface area contributed by atoms with Crippen LogP contribution in [0.25, 0.3) is 0 Å². The van der Waals surface area contributed by atoms with Crippen LogP contribution in [0, 0.1) is 5.41 Å². The molecule has 2 rings (SSSR count). The molecule has 0 bridgehead atoms. The van der Waals surface area contributed by atoms with E-state index in [1.54, 1.807) is 7.05 Å². The molecule has 0 atom stereocenters. The van der Waals surface area contributed by atoms with E-state index in [0.29, 0.717) is 12.5 Å². The van der Waals surface area contributed by atoms with Crippen molar-refractivity contribution < 1.29 is 4.79 Å². The van der Waals surface area contributed by atoms with Crippen LogP contribution in [0.3, 0.4) is 0 Å². The average molecular weight is 291 g/mol. The molecular formula is C15H25N5O. The standard InChI is InChI=1S/C15H25N5O/c1-5-17-11-8-12(20-13(19-11)10-6-7-10)18-9-15(2,3)14(21)16-4/h8,10H,5-7,9H2,1-4H3,(H,16,21)(H2,17,18,19,20). The highest BCUT2D eigenvalue weighted by Gasteiger charge is 2.29. The molecule has 6 heteroatoms. The number of hydrogen-bond donors (Lipinski definition) is 3. The molecular weight excluding hydrogens is 266 g/mol. The first-order valence-corrected chi connectivity index (χ1v) is 7.55. The second kappa shape index (κ2) is 6.28. The van der Waals surface area contributed by atoms with E-state index in [9.17, 15) is 4.79 Å². The molecule has 1 saturated carbocycles. The fourth-order valence-corrected chi connectivity index (χ4v) is 2.08. The van der Waals surface area contributed by atoms with E-state index in [1.165, 1.54) is 12.8 Å². The van der Waals surface area contributed by atoms with Gasteiger partial charge >= 0.3 is 0 Å². The molecule has 6 nitrogen and oxygen atoms in total. The third kappa shape index (κ3) is 4.06. The van der Waals surface area contributed by atoms with Crippen LogP contribution in [0.15, 0.2) is 6.07 Å². The van der Waals surface area contributed by atoms with Gasteiger partial charge in [-0.1, -0.05) is 0 Å². The Morgan fingerprint density at radius 1 is 1.29 bits per heavy atom. The zero-order valence-electron chi connectivity index (χ0n) is 13.3. The molecule has 0 aromatic carbocycles. The summed E-state index contributed by atoms with van der Waals surface area (Å²) < 4.78 is 0. The molecule has 0 radical (unpaired) electrons. The Morgan fingerprint density at radius 2 is 1.90 bits per heavy atom. The molecule has 0 aliphatic heterocycles. The summed E-state index contributed by atoms with van der Waals surface area (Å²) in [4.78, 5) is 20.9. The van der Waals surface area contributed by atoms with Gasteiger partial charge in [0.25, 0.3) is 0 Å². The number of hydrogen-bond acceptors (Lipinski definition) is 5. The summed E-state index contributed by atoms with van der Waals surface area (Å²) in [6, 6.07) is 1.90. The van der Waals surface area contributed by atoms with Crippen molar-refractivity contribution in [2.24, 2.45) is 5.41 Å². The van der Waals surface area contributed by atoms with E-state index in [4.69, 9.17) is 0 Å². The number of rotatable bonds is 7. The molecule has 1 amide bonds. The maximum Gasteiger partial charge on any atom is 0.227 e. The van der Waals surface area contributed by atoms with Crippen molar-refractivity contribution in [2.75, 3.05) is 30.8 Å². The SMILES string of the molecule is CCNc1cc(NCC(C)(C)C(=O)NC)nc(C2CC2)n1. The van der Waals surface area contributed by atoms with E-state index >= 15 is 0 Å². The van der Waals surface area contributed by atoms with Crippen LogP contribution in [-0.4, -0.2) is 36.0 Å². The highest BCUT2D eigenvalue weighted by atomic mass is 16.2. The van der Waals surface area contributed by atoms with E-state index in [1.807, 2.05) is 26.8 Å². The van der Waals surface area contributed by atoms with E-state index in [2.05, 4.69) is 25.9 Å². The Bertz CT molecular complexity index is 511. The molecule has 1 aliphatic rings. The lowest BCUT2D eigenvalue weighted by atomic mass is 9.92. The van der Waals surface area contributed by atoms with E-state index in [-0.39, 0.29) is 5.91 Å². The van der Waals surface area contributed by atoms with Crippen LogP contribution in [0.1, 0.15) is 45.4 Å². The third-order valence-electron chi connectivity index (χ3n) is 3.60. The smallest absolute Gasteiger partial charge is 0.227 e. The van der Waals surface area contributed by atoms with E-state index in [0.717, 1.165) is 24.0 Å². The molecule has 21 heavy (non-hydrogen) atoms. The van der Waals surface area contributed by atoms with Crippen LogP contribution in [-0.2, 0) is 4.79 Å². The zero-order valence-corrected chi connectivity index (χ0v) is 13.3. The van der Waals surface area contributed by atoms with Crippen molar-refractivity contribution in [3.8, 4) is 0 Å². The lowest BCUT2D eigenvalue weighted by molar-refractivity contribution is -0.128. The lowest BCUT2D eigenvalue weighted by Gasteiger charge is -2.23. The van der Waals surface area contributed by atoms with Crippen LogP contribution >= 0.6 is 0 Å². The second-order valence-corrected chi connectivity index (χ2v) is 6.12. The molecule has 1 aromatic rings. The molecule has 1 heterocycles. The Balaban J connectivity index is 2.09. The Morgan fingerprint density at radius 3 is 2.43 bits per heavy atom. The summed E-state index contributed by atoms with van der Waals surface area (Å²) >= 11 is 0. The minimum absolute atomic E-state index is 0.0124. The van der Waals surface area contributed by atoms with E-state index < -0.39 is 5.41 Å². The van der Waals surface area contributed by atoms with Gasteiger partial charge in [0, 0.05) is 32.1 Å². The number of anilines is 2. The molecule has 1 fully saturated rings. The zero-order chi connectivity index (χ0) is 15.5. The first-order chi connectivity index (χ1) is 9.96. The number of carbonyl (C=O) groups excluding carboxylic acids is 1. The summed E-state index contributed by atoms with van der Waals surface area (Å²) in [5, 5.41) is 9.19. The quantitative estimate of drug-likeness (QED) is 0.716. The highest BCUT2D eigenvalue weighted by molar-refractivity contribution is 5.82. The van der Waals surface area contributed by atoms with Gasteiger partial charge in [-0.2, -0.15) is 0 Å². The normalized spacial score (nSPS) is 14.7. The molecule has 1 aliphatic carbocycles. The molecule has 0 spiro atoms. The van der Waals surface area contributed by atoms with Crippen LogP contribution in [0.5, 0.6) is 0 Å². The van der Waals surface area contributed by atoms with Crippen LogP contribution < -0.4 is 16.0 Å². The number of carbonyl (C=O) groups is 1. The lowest BCUT2D eigenvalue weighted by Crippen LogP contribution is -2.39. The number of amides is 1. The minimum atomic E-state index is -0.488. The summed E-state index contributed by atoms with van der Waals surface area (Å²) in [6.45, 7) is 7.21. The summed E-state index contributed by atoms with van der Waals surface area (Å²) in [5.74, 6) is 3.03. The van der Waals surface area contributed by atoms with Crippen molar-refractivity contribution in [3.05, 3.63) is 11.9 Å². The van der Waals surface area contributed by atoms with Gasteiger partial charge in [-0.25, -0.2) is 9.97 Å². The van der Waals surface area contributed by atoms with Gasteiger partial charge in [-0.15, -0.1) is 0 Å². The number of aromatic nitrogens is 2. The Hall–Kier alpha value is -1.85. The van der Waals surface area contributed by atoms with Crippen molar-refractivity contribution >= 4 is 17.5 Å². The second-order valence-electron chi connectivity index (χ2n) is 6.12. The monoisotopic (exact) mass is 291 g/mol. The van der Waals surface area contributed by atoms with Crippen LogP contribution in [0.2, 0.25) is 0 Å². The first kappa shape index (κ1) is 15.5. The molecule has 0 saturated heterocycles. The number of nitrogens with zero attached hydrogens (tertiary/aromatic N) is 2. The van der Waals surface area contributed by atoms with Gasteiger partial charge in [0.2, 0.25) is 5.91 Å². The number of nitrogens with one attached hydrogen (secondary N) is 3. The van der Waals surface area contributed by atoms with Gasteiger partial charge < -0.3 is 16.0 Å².